The molecule has 0 aliphatic heterocycles. The van der Waals surface area contributed by atoms with Crippen LogP contribution in [0.25, 0.3) is 0 Å². The highest BCUT2D eigenvalue weighted by molar-refractivity contribution is 5.87. The van der Waals surface area contributed by atoms with Crippen LogP contribution < -0.4 is 4.74 Å². The van der Waals surface area contributed by atoms with Crippen molar-refractivity contribution < 1.29 is 14.9 Å². The maximum Gasteiger partial charge on any atom is 0.145 e. The number of pyridine rings is 1. The molecule has 0 aliphatic carbocycles. The molecule has 0 atom stereocenters. The van der Waals surface area contributed by atoms with Crippen molar-refractivity contribution >= 4 is 11.9 Å². The van der Waals surface area contributed by atoms with Gasteiger partial charge in [0.25, 0.3) is 0 Å². The minimum Gasteiger partial charge on any atom is -0.505 e. The van der Waals surface area contributed by atoms with Gasteiger partial charge in [0, 0.05) is 29.6 Å². The normalized spacial score (nSPS) is 10.9. The van der Waals surface area contributed by atoms with Gasteiger partial charge in [0.2, 0.25) is 0 Å². The molecule has 0 saturated carbocycles. The summed E-state index contributed by atoms with van der Waals surface area (Å²) in [6, 6.07) is 7.26. The molecule has 104 valence electrons. The van der Waals surface area contributed by atoms with Gasteiger partial charge in [0.15, 0.2) is 0 Å². The van der Waals surface area contributed by atoms with Crippen LogP contribution in [0, 0.1) is 6.92 Å². The van der Waals surface area contributed by atoms with Crippen LogP contribution in [0.2, 0.25) is 0 Å². The fraction of sp³-hybridized carbons (Fsp3) is 0.200. The highest BCUT2D eigenvalue weighted by Gasteiger charge is 2.09. The first-order valence-corrected chi connectivity index (χ1v) is 6.12. The second-order valence-electron chi connectivity index (χ2n) is 4.25. The van der Waals surface area contributed by atoms with Gasteiger partial charge in [-0.25, -0.2) is 0 Å². The molecule has 0 bridgehead atoms. The van der Waals surface area contributed by atoms with E-state index in [1.54, 1.807) is 20.1 Å². The third-order valence-electron chi connectivity index (χ3n) is 2.92. The van der Waals surface area contributed by atoms with Crippen LogP contribution in [0.5, 0.6) is 11.5 Å². The summed E-state index contributed by atoms with van der Waals surface area (Å²) in [4.78, 5) is 8.29. The van der Waals surface area contributed by atoms with Gasteiger partial charge >= 0.3 is 0 Å². The smallest absolute Gasteiger partial charge is 0.145 e. The van der Waals surface area contributed by atoms with Gasteiger partial charge in [0.05, 0.1) is 25.1 Å². The predicted molar refractivity (Wildman–Crippen MR) is 76.8 cm³/mol. The molecule has 0 radical (unpaired) electrons. The topological polar surface area (TPSA) is 74.9 Å². The lowest BCUT2D eigenvalue weighted by Crippen LogP contribution is -1.97. The number of benzene rings is 1. The molecule has 20 heavy (non-hydrogen) atoms. The van der Waals surface area contributed by atoms with Crippen molar-refractivity contribution in [2.45, 2.75) is 13.5 Å². The van der Waals surface area contributed by atoms with Gasteiger partial charge < -0.3 is 14.9 Å². The number of hydrogen-bond acceptors (Lipinski definition) is 5. The summed E-state index contributed by atoms with van der Waals surface area (Å²) >= 11 is 0. The molecule has 2 rings (SSSR count). The zero-order valence-electron chi connectivity index (χ0n) is 11.4. The molecule has 0 spiro atoms. The Morgan fingerprint density at radius 1 is 1.40 bits per heavy atom. The zero-order valence-corrected chi connectivity index (χ0v) is 11.4. The summed E-state index contributed by atoms with van der Waals surface area (Å²) in [5.74, 6) is 0.736. The summed E-state index contributed by atoms with van der Waals surface area (Å²) in [5.41, 5.74) is 2.19. The largest absolute Gasteiger partial charge is 0.505 e. The molecule has 5 heteroatoms. The molecule has 0 fully saturated rings. The van der Waals surface area contributed by atoms with Crippen molar-refractivity contribution in [3.8, 4) is 11.5 Å². The van der Waals surface area contributed by atoms with Crippen molar-refractivity contribution in [1.29, 1.82) is 0 Å². The van der Waals surface area contributed by atoms with Crippen molar-refractivity contribution in [3.63, 3.8) is 0 Å². The van der Waals surface area contributed by atoms with Gasteiger partial charge in [-0.05, 0) is 19.1 Å². The number of aliphatic hydroxyl groups excluding tert-OH is 1. The molecule has 5 nitrogen and oxygen atoms in total. The van der Waals surface area contributed by atoms with E-state index in [4.69, 9.17) is 4.74 Å². The van der Waals surface area contributed by atoms with E-state index in [0.29, 0.717) is 28.3 Å². The Morgan fingerprint density at radius 2 is 2.20 bits per heavy atom. The minimum absolute atomic E-state index is 0.0307. The standard InChI is InChI=1S/C15H16N2O3/c1-10-15(19)14(11(9-18)7-16-10)8-17-12-4-3-5-13(6-12)20-2/h3-8,18-19H,9H2,1-2H3. The number of aliphatic imine (C=N–C) groups is 1. The number of methoxy groups -OCH3 is 1. The van der Waals surface area contributed by atoms with E-state index in [1.165, 1.54) is 12.4 Å². The van der Waals surface area contributed by atoms with Crippen molar-refractivity contribution in [2.75, 3.05) is 7.11 Å². The number of aromatic hydroxyl groups is 1. The van der Waals surface area contributed by atoms with Crippen LogP contribution in [0.4, 0.5) is 5.69 Å². The van der Waals surface area contributed by atoms with Crippen molar-refractivity contribution in [2.24, 2.45) is 4.99 Å². The fourth-order valence-corrected chi connectivity index (χ4v) is 1.75. The quantitative estimate of drug-likeness (QED) is 0.838. The van der Waals surface area contributed by atoms with Crippen molar-refractivity contribution in [3.05, 3.63) is 47.3 Å². The Kier molecular flexibility index (Phi) is 4.32. The molecule has 1 aromatic carbocycles. The summed E-state index contributed by atoms with van der Waals surface area (Å²) in [7, 11) is 1.59. The molecular formula is C15H16N2O3. The summed E-state index contributed by atoms with van der Waals surface area (Å²) < 4.78 is 5.12. The molecule has 2 aromatic rings. The van der Waals surface area contributed by atoms with Gasteiger partial charge in [-0.3, -0.25) is 9.98 Å². The van der Waals surface area contributed by atoms with Crippen LogP contribution in [0.1, 0.15) is 16.8 Å². The number of rotatable bonds is 4. The summed E-state index contributed by atoms with van der Waals surface area (Å²) in [5, 5.41) is 19.3. The van der Waals surface area contributed by atoms with E-state index in [2.05, 4.69) is 9.98 Å². The second kappa shape index (κ2) is 6.16. The molecule has 0 amide bonds. The monoisotopic (exact) mass is 272 g/mol. The van der Waals surface area contributed by atoms with Crippen LogP contribution >= 0.6 is 0 Å². The molecule has 2 N–H and O–H groups in total. The lowest BCUT2D eigenvalue weighted by Gasteiger charge is -2.07. The van der Waals surface area contributed by atoms with E-state index in [1.807, 2.05) is 18.2 Å². The van der Waals surface area contributed by atoms with E-state index < -0.39 is 0 Å². The Bertz CT molecular complexity index is 639. The molecule has 1 heterocycles. The van der Waals surface area contributed by atoms with Gasteiger partial charge in [-0.1, -0.05) is 6.07 Å². The number of ether oxygens (including phenoxy) is 1. The van der Waals surface area contributed by atoms with E-state index in [9.17, 15) is 10.2 Å². The third-order valence-corrected chi connectivity index (χ3v) is 2.92. The van der Waals surface area contributed by atoms with E-state index in [-0.39, 0.29) is 12.4 Å². The Morgan fingerprint density at radius 3 is 2.90 bits per heavy atom. The molecule has 0 unspecified atom stereocenters. The zero-order chi connectivity index (χ0) is 14.5. The van der Waals surface area contributed by atoms with Crippen LogP contribution in [0.15, 0.2) is 35.5 Å². The number of aliphatic hydroxyl groups is 1. The number of nitrogens with zero attached hydrogens (tertiary/aromatic N) is 2. The van der Waals surface area contributed by atoms with Crippen molar-refractivity contribution in [1.82, 2.24) is 4.98 Å². The average Bonchev–Trinajstić information content (AvgIpc) is 2.49. The molecule has 1 aromatic heterocycles. The maximum atomic E-state index is 10.00. The van der Waals surface area contributed by atoms with Gasteiger partial charge in [-0.2, -0.15) is 0 Å². The summed E-state index contributed by atoms with van der Waals surface area (Å²) in [6.07, 6.45) is 3.05. The Hall–Kier alpha value is -2.40. The SMILES string of the molecule is COc1cccc(N=Cc2c(CO)cnc(C)c2O)c1. The van der Waals surface area contributed by atoms with Crippen LogP contribution in [0.3, 0.4) is 0 Å². The fourth-order valence-electron chi connectivity index (χ4n) is 1.75. The highest BCUT2D eigenvalue weighted by Crippen LogP contribution is 2.24. The van der Waals surface area contributed by atoms with E-state index in [0.717, 1.165) is 0 Å². The first-order valence-electron chi connectivity index (χ1n) is 6.12. The predicted octanol–water partition coefficient (Wildman–Crippen LogP) is 2.35. The maximum absolute atomic E-state index is 10.00. The first kappa shape index (κ1) is 14.0. The van der Waals surface area contributed by atoms with E-state index >= 15 is 0 Å². The lowest BCUT2D eigenvalue weighted by atomic mass is 10.1. The molecular weight excluding hydrogens is 256 g/mol. The Labute approximate surface area is 117 Å². The first-order chi connectivity index (χ1) is 9.65. The van der Waals surface area contributed by atoms with Gasteiger partial charge in [-0.15, -0.1) is 0 Å². The minimum atomic E-state index is -0.208. The van der Waals surface area contributed by atoms with Gasteiger partial charge in [0.1, 0.15) is 11.5 Å². The molecule has 0 aliphatic rings. The van der Waals surface area contributed by atoms with Crippen LogP contribution in [-0.4, -0.2) is 28.5 Å². The molecule has 0 saturated heterocycles. The Balaban J connectivity index is 2.37. The number of aryl methyl sites for hydroxylation is 1. The summed E-state index contributed by atoms with van der Waals surface area (Å²) in [6.45, 7) is 1.49. The number of hydrogen-bond donors (Lipinski definition) is 2. The lowest BCUT2D eigenvalue weighted by molar-refractivity contribution is 0.280. The third kappa shape index (κ3) is 2.95. The number of aromatic nitrogens is 1. The highest BCUT2D eigenvalue weighted by atomic mass is 16.5. The average molecular weight is 272 g/mol. The van der Waals surface area contributed by atoms with Crippen LogP contribution in [-0.2, 0) is 6.61 Å². The second-order valence-corrected chi connectivity index (χ2v) is 4.25.